The maximum Gasteiger partial charge on any atom is 0.331 e. The van der Waals surface area contributed by atoms with E-state index in [0.717, 1.165) is 10.7 Å². The summed E-state index contributed by atoms with van der Waals surface area (Å²) in [5.41, 5.74) is 1.24. The first-order chi connectivity index (χ1) is 8.41. The number of carboxylic acids is 1. The summed E-state index contributed by atoms with van der Waals surface area (Å²) in [6.45, 7) is 5.30. The molecule has 0 saturated heterocycles. The lowest BCUT2D eigenvalue weighted by Gasteiger charge is -2.05. The van der Waals surface area contributed by atoms with E-state index in [0.29, 0.717) is 13.0 Å². The van der Waals surface area contributed by atoms with E-state index < -0.39 is 5.97 Å². The molecule has 1 rings (SSSR count). The Kier molecular flexibility index (Phi) is 5.03. The highest BCUT2D eigenvalue weighted by Crippen LogP contribution is 2.08. The molecule has 0 aromatic carbocycles. The van der Waals surface area contributed by atoms with E-state index in [-0.39, 0.29) is 17.1 Å². The number of carboxylic acid groups (broad SMARTS) is 1. The van der Waals surface area contributed by atoms with E-state index in [1.54, 1.807) is 11.3 Å². The highest BCUT2D eigenvalue weighted by molar-refractivity contribution is 7.09. The van der Waals surface area contributed by atoms with Crippen LogP contribution in [0.2, 0.25) is 0 Å². The lowest BCUT2D eigenvalue weighted by atomic mass is 10.1. The van der Waals surface area contributed by atoms with E-state index >= 15 is 0 Å². The SMILES string of the molecule is CC(C(=O)O)=C(C)C(=O)NCCc1csc(C)n1. The summed E-state index contributed by atoms with van der Waals surface area (Å²) in [4.78, 5) is 26.6. The van der Waals surface area contributed by atoms with E-state index in [1.165, 1.54) is 13.8 Å². The van der Waals surface area contributed by atoms with Crippen LogP contribution >= 0.6 is 11.3 Å². The standard InChI is InChI=1S/C12H16N2O3S/c1-7(8(2)12(16)17)11(15)13-5-4-10-6-18-9(3)14-10/h6H,4-5H2,1-3H3,(H,13,15)(H,16,17). The summed E-state index contributed by atoms with van der Waals surface area (Å²) < 4.78 is 0. The van der Waals surface area contributed by atoms with Crippen LogP contribution in [0.25, 0.3) is 0 Å². The minimum Gasteiger partial charge on any atom is -0.478 e. The van der Waals surface area contributed by atoms with Crippen LogP contribution in [0.1, 0.15) is 24.5 Å². The minimum absolute atomic E-state index is 0.0667. The quantitative estimate of drug-likeness (QED) is 0.794. The Morgan fingerprint density at radius 1 is 1.39 bits per heavy atom. The first-order valence-corrected chi connectivity index (χ1v) is 6.39. The Bertz CT molecular complexity index is 491. The molecule has 0 aliphatic heterocycles. The van der Waals surface area contributed by atoms with Crippen LogP contribution in [0.4, 0.5) is 0 Å². The molecule has 1 aromatic heterocycles. The molecule has 0 atom stereocenters. The average Bonchev–Trinajstić information content (AvgIpc) is 2.72. The number of aryl methyl sites for hydroxylation is 1. The Morgan fingerprint density at radius 3 is 2.56 bits per heavy atom. The smallest absolute Gasteiger partial charge is 0.331 e. The fourth-order valence-corrected chi connectivity index (χ4v) is 1.94. The number of rotatable bonds is 5. The lowest BCUT2D eigenvalue weighted by molar-refractivity contribution is -0.133. The zero-order valence-corrected chi connectivity index (χ0v) is 11.4. The zero-order valence-electron chi connectivity index (χ0n) is 10.6. The van der Waals surface area contributed by atoms with Crippen LogP contribution in [0, 0.1) is 6.92 Å². The fourth-order valence-electron chi connectivity index (χ4n) is 1.29. The van der Waals surface area contributed by atoms with Crippen molar-refractivity contribution in [2.45, 2.75) is 27.2 Å². The summed E-state index contributed by atoms with van der Waals surface area (Å²) in [6, 6.07) is 0. The van der Waals surface area contributed by atoms with Gasteiger partial charge < -0.3 is 10.4 Å². The van der Waals surface area contributed by atoms with Gasteiger partial charge in [-0.05, 0) is 20.8 Å². The topological polar surface area (TPSA) is 79.3 Å². The van der Waals surface area contributed by atoms with Crippen LogP contribution in [0.5, 0.6) is 0 Å². The number of hydrogen-bond donors (Lipinski definition) is 2. The van der Waals surface area contributed by atoms with Crippen LogP contribution in [-0.2, 0) is 16.0 Å². The number of thiazole rings is 1. The van der Waals surface area contributed by atoms with Gasteiger partial charge in [-0.15, -0.1) is 11.3 Å². The van der Waals surface area contributed by atoms with Gasteiger partial charge in [-0.3, -0.25) is 4.79 Å². The fraction of sp³-hybridized carbons (Fsp3) is 0.417. The molecule has 0 fully saturated rings. The molecule has 0 aliphatic carbocycles. The summed E-state index contributed by atoms with van der Waals surface area (Å²) >= 11 is 1.57. The third-order valence-electron chi connectivity index (χ3n) is 2.56. The average molecular weight is 268 g/mol. The lowest BCUT2D eigenvalue weighted by Crippen LogP contribution is -2.27. The van der Waals surface area contributed by atoms with Crippen molar-refractivity contribution in [3.8, 4) is 0 Å². The number of carbonyl (C=O) groups is 2. The molecule has 0 spiro atoms. The van der Waals surface area contributed by atoms with E-state index in [2.05, 4.69) is 10.3 Å². The van der Waals surface area contributed by atoms with E-state index in [1.807, 2.05) is 12.3 Å². The Hall–Kier alpha value is -1.69. The molecule has 0 unspecified atom stereocenters. The molecule has 18 heavy (non-hydrogen) atoms. The Balaban J connectivity index is 2.47. The number of hydrogen-bond acceptors (Lipinski definition) is 4. The summed E-state index contributed by atoms with van der Waals surface area (Å²) in [7, 11) is 0. The molecule has 0 saturated carbocycles. The second kappa shape index (κ2) is 6.30. The van der Waals surface area contributed by atoms with Gasteiger partial charge >= 0.3 is 5.97 Å². The summed E-state index contributed by atoms with van der Waals surface area (Å²) in [5.74, 6) is -1.42. The maximum atomic E-state index is 11.6. The highest BCUT2D eigenvalue weighted by atomic mass is 32.1. The molecular formula is C12H16N2O3S. The third kappa shape index (κ3) is 3.96. The van der Waals surface area contributed by atoms with E-state index in [9.17, 15) is 9.59 Å². The second-order valence-electron chi connectivity index (χ2n) is 3.92. The number of nitrogens with one attached hydrogen (secondary N) is 1. The van der Waals surface area contributed by atoms with Crippen molar-refractivity contribution in [1.82, 2.24) is 10.3 Å². The van der Waals surface area contributed by atoms with Gasteiger partial charge in [0.05, 0.1) is 10.7 Å². The number of carbonyl (C=O) groups excluding carboxylic acids is 1. The molecule has 0 aliphatic rings. The Labute approximate surface area is 110 Å². The second-order valence-corrected chi connectivity index (χ2v) is 4.98. The van der Waals surface area contributed by atoms with Gasteiger partial charge in [0, 0.05) is 29.5 Å². The van der Waals surface area contributed by atoms with Gasteiger partial charge in [-0.2, -0.15) is 0 Å². The third-order valence-corrected chi connectivity index (χ3v) is 3.38. The van der Waals surface area contributed by atoms with Crippen molar-refractivity contribution >= 4 is 23.2 Å². The van der Waals surface area contributed by atoms with E-state index in [4.69, 9.17) is 5.11 Å². The first kappa shape index (κ1) is 14.4. The molecule has 1 heterocycles. The largest absolute Gasteiger partial charge is 0.478 e. The molecule has 1 amide bonds. The normalized spacial score (nSPS) is 11.9. The van der Waals surface area contributed by atoms with Gasteiger partial charge in [0.1, 0.15) is 0 Å². The van der Waals surface area contributed by atoms with Crippen molar-refractivity contribution < 1.29 is 14.7 Å². The number of amides is 1. The van der Waals surface area contributed by atoms with Gasteiger partial charge in [0.25, 0.3) is 0 Å². The predicted octanol–water partition coefficient (Wildman–Crippen LogP) is 1.53. The molecule has 0 bridgehead atoms. The van der Waals surface area contributed by atoms with Crippen molar-refractivity contribution in [1.29, 1.82) is 0 Å². The molecule has 6 heteroatoms. The summed E-state index contributed by atoms with van der Waals surface area (Å²) in [5, 5.41) is 14.4. The number of aromatic nitrogens is 1. The maximum absolute atomic E-state index is 11.6. The number of nitrogens with zero attached hydrogens (tertiary/aromatic N) is 1. The zero-order chi connectivity index (χ0) is 13.7. The van der Waals surface area contributed by atoms with Crippen LogP contribution in [0.15, 0.2) is 16.5 Å². The number of aliphatic carboxylic acids is 1. The van der Waals surface area contributed by atoms with Crippen molar-refractivity contribution in [3.63, 3.8) is 0 Å². The van der Waals surface area contributed by atoms with Gasteiger partial charge in [0.15, 0.2) is 0 Å². The summed E-state index contributed by atoms with van der Waals surface area (Å²) in [6.07, 6.45) is 0.648. The Morgan fingerprint density at radius 2 is 2.06 bits per heavy atom. The van der Waals surface area contributed by atoms with Crippen LogP contribution in [0.3, 0.4) is 0 Å². The monoisotopic (exact) mass is 268 g/mol. The van der Waals surface area contributed by atoms with Crippen molar-refractivity contribution in [2.75, 3.05) is 6.54 Å². The van der Waals surface area contributed by atoms with Gasteiger partial charge in [-0.25, -0.2) is 9.78 Å². The van der Waals surface area contributed by atoms with Crippen LogP contribution < -0.4 is 5.32 Å². The van der Waals surface area contributed by atoms with Gasteiger partial charge in [-0.1, -0.05) is 0 Å². The minimum atomic E-state index is -1.07. The van der Waals surface area contributed by atoms with Gasteiger partial charge in [0.2, 0.25) is 5.91 Å². The predicted molar refractivity (Wildman–Crippen MR) is 69.6 cm³/mol. The highest BCUT2D eigenvalue weighted by Gasteiger charge is 2.12. The van der Waals surface area contributed by atoms with Crippen molar-refractivity contribution in [2.24, 2.45) is 0 Å². The van der Waals surface area contributed by atoms with Crippen molar-refractivity contribution in [3.05, 3.63) is 27.2 Å². The molecule has 1 aromatic rings. The molecular weight excluding hydrogens is 252 g/mol. The molecule has 0 radical (unpaired) electrons. The molecule has 2 N–H and O–H groups in total. The molecule has 98 valence electrons. The van der Waals surface area contributed by atoms with Crippen LogP contribution in [-0.4, -0.2) is 28.5 Å². The molecule has 5 nitrogen and oxygen atoms in total. The first-order valence-electron chi connectivity index (χ1n) is 5.51.